The molecule has 0 atom stereocenters. The molecular weight excluding hydrogens is 283 g/mol. The molecule has 110 valence electrons. The lowest BCUT2D eigenvalue weighted by atomic mass is 9.88. The Balaban J connectivity index is 2.20. The molecule has 1 aliphatic carbocycles. The number of anilines is 1. The summed E-state index contributed by atoms with van der Waals surface area (Å²) in [4.78, 5) is 11.8. The van der Waals surface area contributed by atoms with Gasteiger partial charge in [-0.1, -0.05) is 19.8 Å². The minimum Gasteiger partial charge on any atom is -0.323 e. The molecule has 5 nitrogen and oxygen atoms in total. The van der Waals surface area contributed by atoms with Gasteiger partial charge in [0.25, 0.3) is 0 Å². The minimum atomic E-state index is -3.95. The van der Waals surface area contributed by atoms with Crippen molar-refractivity contribution in [2.75, 3.05) is 5.32 Å². The van der Waals surface area contributed by atoms with Gasteiger partial charge in [-0.05, 0) is 31.0 Å². The highest BCUT2D eigenvalue weighted by molar-refractivity contribution is 7.89. The van der Waals surface area contributed by atoms with Crippen LogP contribution in [0.3, 0.4) is 0 Å². The SMILES string of the molecule is CC1(C(=O)Nc2ccc(S(N)(=O)=O)cc2F)CCCC1. The fourth-order valence-corrected chi connectivity index (χ4v) is 2.96. The van der Waals surface area contributed by atoms with Gasteiger partial charge in [0.15, 0.2) is 0 Å². The van der Waals surface area contributed by atoms with Gasteiger partial charge in [-0.25, -0.2) is 17.9 Å². The monoisotopic (exact) mass is 300 g/mol. The molecule has 0 spiro atoms. The van der Waals surface area contributed by atoms with E-state index in [1.54, 1.807) is 0 Å². The van der Waals surface area contributed by atoms with Crippen molar-refractivity contribution < 1.29 is 17.6 Å². The summed E-state index contributed by atoms with van der Waals surface area (Å²) in [5.41, 5.74) is -0.513. The summed E-state index contributed by atoms with van der Waals surface area (Å²) < 4.78 is 36.0. The van der Waals surface area contributed by atoms with Crippen LogP contribution in [0, 0.1) is 11.2 Å². The second-order valence-corrected chi connectivity index (χ2v) is 6.97. The van der Waals surface area contributed by atoms with E-state index in [9.17, 15) is 17.6 Å². The molecule has 3 N–H and O–H groups in total. The van der Waals surface area contributed by atoms with Crippen molar-refractivity contribution in [2.45, 2.75) is 37.5 Å². The van der Waals surface area contributed by atoms with Crippen LogP contribution in [-0.4, -0.2) is 14.3 Å². The summed E-state index contributed by atoms with van der Waals surface area (Å²) in [6.45, 7) is 1.85. The molecule has 0 aliphatic heterocycles. The molecule has 1 aromatic carbocycles. The standard InChI is InChI=1S/C13H17FN2O3S/c1-13(6-2-3-7-13)12(17)16-11-5-4-9(8-10(11)14)20(15,18)19/h4-5,8H,2-3,6-7H2,1H3,(H,16,17)(H2,15,18,19). The molecule has 1 saturated carbocycles. The predicted octanol–water partition coefficient (Wildman–Crippen LogP) is 1.99. The third kappa shape index (κ3) is 2.99. The van der Waals surface area contributed by atoms with E-state index in [1.165, 1.54) is 12.1 Å². The molecule has 1 amide bonds. The first-order valence-electron chi connectivity index (χ1n) is 6.36. The molecule has 0 heterocycles. The number of hydrogen-bond acceptors (Lipinski definition) is 3. The zero-order chi connectivity index (χ0) is 15.0. The Labute approximate surface area is 117 Å². The van der Waals surface area contributed by atoms with Gasteiger partial charge in [-0.15, -0.1) is 0 Å². The van der Waals surface area contributed by atoms with Crippen LogP contribution in [-0.2, 0) is 14.8 Å². The van der Waals surface area contributed by atoms with Gasteiger partial charge in [-0.3, -0.25) is 4.79 Å². The van der Waals surface area contributed by atoms with Gasteiger partial charge in [0, 0.05) is 5.41 Å². The molecule has 1 aliphatic rings. The van der Waals surface area contributed by atoms with Crippen molar-refractivity contribution in [2.24, 2.45) is 10.6 Å². The van der Waals surface area contributed by atoms with E-state index in [-0.39, 0.29) is 16.5 Å². The minimum absolute atomic E-state index is 0.0319. The van der Waals surface area contributed by atoms with Crippen molar-refractivity contribution in [1.29, 1.82) is 0 Å². The first-order chi connectivity index (χ1) is 9.22. The molecule has 1 fully saturated rings. The molecular formula is C13H17FN2O3S. The zero-order valence-corrected chi connectivity index (χ0v) is 12.0. The van der Waals surface area contributed by atoms with Crippen molar-refractivity contribution in [1.82, 2.24) is 0 Å². The summed E-state index contributed by atoms with van der Waals surface area (Å²) in [6, 6.07) is 3.19. The number of carbonyl (C=O) groups excluding carboxylic acids is 1. The topological polar surface area (TPSA) is 89.3 Å². The Hall–Kier alpha value is -1.47. The van der Waals surface area contributed by atoms with Gasteiger partial charge in [0.1, 0.15) is 5.82 Å². The smallest absolute Gasteiger partial charge is 0.238 e. The van der Waals surface area contributed by atoms with Crippen LogP contribution >= 0.6 is 0 Å². The Kier molecular flexibility index (Phi) is 3.84. The molecule has 0 bridgehead atoms. The van der Waals surface area contributed by atoms with Crippen LogP contribution in [0.4, 0.5) is 10.1 Å². The number of primary sulfonamides is 1. The molecule has 20 heavy (non-hydrogen) atoms. The Morgan fingerprint density at radius 1 is 1.35 bits per heavy atom. The van der Waals surface area contributed by atoms with E-state index in [0.29, 0.717) is 0 Å². The number of hydrogen-bond donors (Lipinski definition) is 2. The molecule has 0 radical (unpaired) electrons. The maximum Gasteiger partial charge on any atom is 0.238 e. The molecule has 0 unspecified atom stereocenters. The highest BCUT2D eigenvalue weighted by atomic mass is 32.2. The molecule has 1 aromatic rings. The number of sulfonamides is 1. The van der Waals surface area contributed by atoms with Crippen molar-refractivity contribution in [3.8, 4) is 0 Å². The van der Waals surface area contributed by atoms with Crippen LogP contribution in [0.2, 0.25) is 0 Å². The third-order valence-electron chi connectivity index (χ3n) is 3.77. The maximum atomic E-state index is 13.8. The lowest BCUT2D eigenvalue weighted by Crippen LogP contribution is -2.31. The summed E-state index contributed by atoms with van der Waals surface area (Å²) in [5, 5.41) is 7.44. The third-order valence-corrected chi connectivity index (χ3v) is 4.68. The second-order valence-electron chi connectivity index (χ2n) is 5.41. The van der Waals surface area contributed by atoms with E-state index in [0.717, 1.165) is 31.7 Å². The number of benzene rings is 1. The Morgan fingerprint density at radius 3 is 2.45 bits per heavy atom. The van der Waals surface area contributed by atoms with E-state index >= 15 is 0 Å². The summed E-state index contributed by atoms with van der Waals surface area (Å²) >= 11 is 0. The van der Waals surface area contributed by atoms with E-state index in [1.807, 2.05) is 6.92 Å². The first kappa shape index (κ1) is 14.9. The largest absolute Gasteiger partial charge is 0.323 e. The number of halogens is 1. The molecule has 2 rings (SSSR count). The fraction of sp³-hybridized carbons (Fsp3) is 0.462. The van der Waals surface area contributed by atoms with Gasteiger partial charge in [0.05, 0.1) is 10.6 Å². The molecule has 7 heteroatoms. The quantitative estimate of drug-likeness (QED) is 0.894. The van der Waals surface area contributed by atoms with Gasteiger partial charge < -0.3 is 5.32 Å². The van der Waals surface area contributed by atoms with Crippen molar-refractivity contribution in [3.05, 3.63) is 24.0 Å². The highest BCUT2D eigenvalue weighted by Gasteiger charge is 2.36. The average Bonchev–Trinajstić information content (AvgIpc) is 2.78. The zero-order valence-electron chi connectivity index (χ0n) is 11.1. The van der Waals surface area contributed by atoms with E-state index < -0.39 is 21.3 Å². The second kappa shape index (κ2) is 5.14. The van der Waals surface area contributed by atoms with E-state index in [4.69, 9.17) is 5.14 Å². The van der Waals surface area contributed by atoms with Gasteiger partial charge >= 0.3 is 0 Å². The van der Waals surface area contributed by atoms with Crippen LogP contribution in [0.15, 0.2) is 23.1 Å². The number of nitrogens with two attached hydrogens (primary N) is 1. The number of carbonyl (C=O) groups is 1. The first-order valence-corrected chi connectivity index (χ1v) is 7.91. The Morgan fingerprint density at radius 2 is 1.95 bits per heavy atom. The highest BCUT2D eigenvalue weighted by Crippen LogP contribution is 2.38. The van der Waals surface area contributed by atoms with Crippen molar-refractivity contribution >= 4 is 21.6 Å². The van der Waals surface area contributed by atoms with Crippen molar-refractivity contribution in [3.63, 3.8) is 0 Å². The average molecular weight is 300 g/mol. The number of nitrogens with one attached hydrogen (secondary N) is 1. The Bertz CT molecular complexity index is 637. The van der Waals surface area contributed by atoms with Gasteiger partial charge in [0.2, 0.25) is 15.9 Å². The fourth-order valence-electron chi connectivity index (χ4n) is 2.43. The molecule has 0 saturated heterocycles. The van der Waals surface area contributed by atoms with E-state index in [2.05, 4.69) is 5.32 Å². The lowest BCUT2D eigenvalue weighted by Gasteiger charge is -2.22. The van der Waals surface area contributed by atoms with Crippen LogP contribution in [0.25, 0.3) is 0 Å². The van der Waals surface area contributed by atoms with Gasteiger partial charge in [-0.2, -0.15) is 0 Å². The normalized spacial score (nSPS) is 17.9. The lowest BCUT2D eigenvalue weighted by molar-refractivity contribution is -0.124. The predicted molar refractivity (Wildman–Crippen MR) is 73.0 cm³/mol. The summed E-state index contributed by atoms with van der Waals surface area (Å²) in [7, 11) is -3.95. The van der Waals surface area contributed by atoms with Crippen LogP contribution in [0.1, 0.15) is 32.6 Å². The number of rotatable bonds is 3. The van der Waals surface area contributed by atoms with Crippen LogP contribution < -0.4 is 10.5 Å². The maximum absolute atomic E-state index is 13.8. The summed E-state index contributed by atoms with van der Waals surface area (Å²) in [6.07, 6.45) is 3.51. The molecule has 0 aromatic heterocycles. The van der Waals surface area contributed by atoms with Crippen LogP contribution in [0.5, 0.6) is 0 Å². The summed E-state index contributed by atoms with van der Waals surface area (Å²) in [5.74, 6) is -1.05. The number of amides is 1.